The smallest absolute Gasteiger partial charge is 0.236 e. The van der Waals surface area contributed by atoms with Gasteiger partial charge in [-0.25, -0.2) is 0 Å². The first-order valence-corrected chi connectivity index (χ1v) is 5.96. The molecule has 1 aliphatic rings. The SMILES string of the molecule is CC[C@@H](N)C(=O)NCC1CCCN1CC. The summed E-state index contributed by atoms with van der Waals surface area (Å²) in [7, 11) is 0. The van der Waals surface area contributed by atoms with Crippen LogP contribution in [0.5, 0.6) is 0 Å². The van der Waals surface area contributed by atoms with Gasteiger partial charge < -0.3 is 11.1 Å². The monoisotopic (exact) mass is 213 g/mol. The highest BCUT2D eigenvalue weighted by Crippen LogP contribution is 2.15. The number of likely N-dealkylation sites (tertiary alicyclic amines) is 1. The van der Waals surface area contributed by atoms with E-state index in [0.717, 1.165) is 19.6 Å². The summed E-state index contributed by atoms with van der Waals surface area (Å²) in [5.41, 5.74) is 5.64. The second kappa shape index (κ2) is 6.08. The lowest BCUT2D eigenvalue weighted by Crippen LogP contribution is -2.45. The molecule has 3 N–H and O–H groups in total. The highest BCUT2D eigenvalue weighted by molar-refractivity contribution is 5.81. The fourth-order valence-electron chi connectivity index (χ4n) is 2.08. The molecule has 0 bridgehead atoms. The van der Waals surface area contributed by atoms with E-state index in [0.29, 0.717) is 12.5 Å². The number of amides is 1. The third-order valence-corrected chi connectivity index (χ3v) is 3.19. The highest BCUT2D eigenvalue weighted by Gasteiger charge is 2.23. The van der Waals surface area contributed by atoms with Crippen molar-refractivity contribution >= 4 is 5.91 Å². The number of nitrogens with two attached hydrogens (primary N) is 1. The zero-order chi connectivity index (χ0) is 11.3. The van der Waals surface area contributed by atoms with E-state index in [1.54, 1.807) is 0 Å². The van der Waals surface area contributed by atoms with E-state index in [1.807, 2.05) is 6.92 Å². The van der Waals surface area contributed by atoms with Crippen LogP contribution in [0.4, 0.5) is 0 Å². The molecule has 4 nitrogen and oxygen atoms in total. The van der Waals surface area contributed by atoms with E-state index in [2.05, 4.69) is 17.1 Å². The predicted molar refractivity (Wildman–Crippen MR) is 61.5 cm³/mol. The Bertz CT molecular complexity index is 208. The van der Waals surface area contributed by atoms with Crippen molar-refractivity contribution in [2.45, 2.75) is 45.2 Å². The van der Waals surface area contributed by atoms with Crippen molar-refractivity contribution in [3.63, 3.8) is 0 Å². The maximum atomic E-state index is 11.5. The third kappa shape index (κ3) is 3.47. The maximum absolute atomic E-state index is 11.5. The van der Waals surface area contributed by atoms with Crippen molar-refractivity contribution in [2.24, 2.45) is 5.73 Å². The van der Waals surface area contributed by atoms with Crippen molar-refractivity contribution < 1.29 is 4.79 Å². The molecule has 1 unspecified atom stereocenters. The normalized spacial score (nSPS) is 24.1. The van der Waals surface area contributed by atoms with Gasteiger partial charge in [-0.3, -0.25) is 9.69 Å². The number of nitrogens with one attached hydrogen (secondary N) is 1. The van der Waals surface area contributed by atoms with E-state index >= 15 is 0 Å². The van der Waals surface area contributed by atoms with Crippen LogP contribution in [0, 0.1) is 0 Å². The molecule has 1 amide bonds. The van der Waals surface area contributed by atoms with Gasteiger partial charge in [0.25, 0.3) is 0 Å². The molecule has 1 saturated heterocycles. The number of hydrogen-bond acceptors (Lipinski definition) is 3. The molecule has 0 radical (unpaired) electrons. The van der Waals surface area contributed by atoms with Crippen LogP contribution in [0.15, 0.2) is 0 Å². The van der Waals surface area contributed by atoms with E-state index < -0.39 is 0 Å². The Morgan fingerprint density at radius 2 is 2.33 bits per heavy atom. The van der Waals surface area contributed by atoms with Crippen LogP contribution in [0.2, 0.25) is 0 Å². The lowest BCUT2D eigenvalue weighted by atomic mass is 10.2. The second-order valence-corrected chi connectivity index (χ2v) is 4.18. The first-order chi connectivity index (χ1) is 7.19. The van der Waals surface area contributed by atoms with E-state index in [4.69, 9.17) is 5.73 Å². The molecule has 4 heteroatoms. The van der Waals surface area contributed by atoms with Gasteiger partial charge in [-0.1, -0.05) is 13.8 Å². The molecule has 0 aromatic carbocycles. The van der Waals surface area contributed by atoms with Crippen molar-refractivity contribution in [2.75, 3.05) is 19.6 Å². The molecule has 1 fully saturated rings. The van der Waals surface area contributed by atoms with E-state index in [1.165, 1.54) is 12.8 Å². The van der Waals surface area contributed by atoms with Crippen LogP contribution >= 0.6 is 0 Å². The van der Waals surface area contributed by atoms with Crippen LogP contribution in [-0.4, -0.2) is 42.5 Å². The summed E-state index contributed by atoms with van der Waals surface area (Å²) in [6, 6.07) is 0.171. The van der Waals surface area contributed by atoms with Gasteiger partial charge >= 0.3 is 0 Å². The van der Waals surface area contributed by atoms with Crippen molar-refractivity contribution in [1.82, 2.24) is 10.2 Å². The lowest BCUT2D eigenvalue weighted by molar-refractivity contribution is -0.122. The summed E-state index contributed by atoms with van der Waals surface area (Å²) >= 11 is 0. The number of hydrogen-bond donors (Lipinski definition) is 2. The zero-order valence-electron chi connectivity index (χ0n) is 9.83. The van der Waals surface area contributed by atoms with Crippen LogP contribution in [0.25, 0.3) is 0 Å². The van der Waals surface area contributed by atoms with Gasteiger partial charge in [-0.15, -0.1) is 0 Å². The Labute approximate surface area is 92.2 Å². The van der Waals surface area contributed by atoms with Crippen LogP contribution in [0.1, 0.15) is 33.1 Å². The Hall–Kier alpha value is -0.610. The third-order valence-electron chi connectivity index (χ3n) is 3.19. The Kier molecular flexibility index (Phi) is 5.05. The van der Waals surface area contributed by atoms with Gasteiger partial charge in [-0.05, 0) is 32.4 Å². The summed E-state index contributed by atoms with van der Waals surface area (Å²) in [6.45, 7) is 7.08. The first kappa shape index (κ1) is 12.5. The maximum Gasteiger partial charge on any atom is 0.236 e. The Balaban J connectivity index is 2.27. The molecular formula is C11H23N3O. The molecule has 1 heterocycles. The quantitative estimate of drug-likeness (QED) is 0.691. The number of carbonyl (C=O) groups is 1. The van der Waals surface area contributed by atoms with Crippen LogP contribution < -0.4 is 11.1 Å². The van der Waals surface area contributed by atoms with Gasteiger partial charge in [0.05, 0.1) is 6.04 Å². The molecule has 1 rings (SSSR count). The molecule has 0 saturated carbocycles. The number of carbonyl (C=O) groups excluding carboxylic acids is 1. The molecule has 1 aliphatic heterocycles. The Morgan fingerprint density at radius 3 is 2.93 bits per heavy atom. The Morgan fingerprint density at radius 1 is 1.60 bits per heavy atom. The van der Waals surface area contributed by atoms with Crippen LogP contribution in [-0.2, 0) is 4.79 Å². The summed E-state index contributed by atoms with van der Waals surface area (Å²) < 4.78 is 0. The molecule has 15 heavy (non-hydrogen) atoms. The van der Waals surface area contributed by atoms with E-state index in [9.17, 15) is 4.79 Å². The lowest BCUT2D eigenvalue weighted by Gasteiger charge is -2.23. The number of nitrogens with zero attached hydrogens (tertiary/aromatic N) is 1. The fraction of sp³-hybridized carbons (Fsp3) is 0.909. The molecular weight excluding hydrogens is 190 g/mol. The summed E-state index contributed by atoms with van der Waals surface area (Å²) in [5, 5.41) is 2.93. The topological polar surface area (TPSA) is 58.4 Å². The second-order valence-electron chi connectivity index (χ2n) is 4.18. The average molecular weight is 213 g/mol. The van der Waals surface area contributed by atoms with Crippen molar-refractivity contribution in [3.05, 3.63) is 0 Å². The van der Waals surface area contributed by atoms with Gasteiger partial charge in [-0.2, -0.15) is 0 Å². The molecule has 0 aliphatic carbocycles. The standard InChI is InChI=1S/C11H23N3O/c1-3-10(12)11(15)13-8-9-6-5-7-14(9)4-2/h9-10H,3-8,12H2,1-2H3,(H,13,15)/t9?,10-/m1/s1. The van der Waals surface area contributed by atoms with Gasteiger partial charge in [0.2, 0.25) is 5.91 Å². The van der Waals surface area contributed by atoms with E-state index in [-0.39, 0.29) is 11.9 Å². The van der Waals surface area contributed by atoms with Crippen LogP contribution in [0.3, 0.4) is 0 Å². The number of likely N-dealkylation sites (N-methyl/N-ethyl adjacent to an activating group) is 1. The fourth-order valence-corrected chi connectivity index (χ4v) is 2.08. The average Bonchev–Trinajstić information content (AvgIpc) is 2.71. The molecule has 2 atom stereocenters. The number of rotatable bonds is 5. The van der Waals surface area contributed by atoms with Gasteiger partial charge in [0.15, 0.2) is 0 Å². The predicted octanol–water partition coefficient (Wildman–Crippen LogP) is 0.324. The largest absolute Gasteiger partial charge is 0.353 e. The molecule has 88 valence electrons. The molecule has 0 spiro atoms. The molecule has 0 aromatic rings. The van der Waals surface area contributed by atoms with Gasteiger partial charge in [0, 0.05) is 12.6 Å². The zero-order valence-corrected chi connectivity index (χ0v) is 9.83. The first-order valence-electron chi connectivity index (χ1n) is 5.96. The molecule has 0 aromatic heterocycles. The highest BCUT2D eigenvalue weighted by atomic mass is 16.2. The summed E-state index contributed by atoms with van der Waals surface area (Å²) in [5.74, 6) is -0.0135. The minimum absolute atomic E-state index is 0.0135. The summed E-state index contributed by atoms with van der Waals surface area (Å²) in [4.78, 5) is 13.9. The summed E-state index contributed by atoms with van der Waals surface area (Å²) in [6.07, 6.45) is 3.14. The minimum Gasteiger partial charge on any atom is -0.353 e. The van der Waals surface area contributed by atoms with Crippen molar-refractivity contribution in [1.29, 1.82) is 0 Å². The minimum atomic E-state index is -0.346. The van der Waals surface area contributed by atoms with Crippen molar-refractivity contribution in [3.8, 4) is 0 Å². The van der Waals surface area contributed by atoms with Gasteiger partial charge in [0.1, 0.15) is 0 Å².